The van der Waals surface area contributed by atoms with E-state index in [1.54, 1.807) is 11.4 Å². The van der Waals surface area contributed by atoms with Gasteiger partial charge in [0.1, 0.15) is 0 Å². The van der Waals surface area contributed by atoms with Gasteiger partial charge in [0, 0.05) is 22.8 Å². The second kappa shape index (κ2) is 10.7. The molecule has 0 aliphatic rings. The number of halogens is 1. The van der Waals surface area contributed by atoms with Crippen molar-refractivity contribution in [1.29, 1.82) is 0 Å². The van der Waals surface area contributed by atoms with Crippen molar-refractivity contribution < 1.29 is 22.7 Å². The van der Waals surface area contributed by atoms with E-state index in [-0.39, 0.29) is 20.6 Å². The van der Waals surface area contributed by atoms with Crippen LogP contribution in [0, 0.1) is 0 Å². The molecule has 0 spiro atoms. The van der Waals surface area contributed by atoms with Gasteiger partial charge in [-0.1, -0.05) is 18.5 Å². The fraction of sp³-hybridized carbons (Fsp3) is 0.238. The number of sulfonamides is 1. The molecule has 0 aliphatic heterocycles. The fourth-order valence-electron chi connectivity index (χ4n) is 2.67. The lowest BCUT2D eigenvalue weighted by molar-refractivity contribution is 0.102. The van der Waals surface area contributed by atoms with E-state index >= 15 is 0 Å². The fourth-order valence-corrected chi connectivity index (χ4v) is 4.73. The van der Waals surface area contributed by atoms with Crippen LogP contribution in [0.15, 0.2) is 52.9 Å². The van der Waals surface area contributed by atoms with Crippen LogP contribution in [-0.2, 0) is 10.0 Å². The van der Waals surface area contributed by atoms with Gasteiger partial charge in [0.25, 0.3) is 15.9 Å². The van der Waals surface area contributed by atoms with Crippen LogP contribution in [-0.4, -0.2) is 32.5 Å². The highest BCUT2D eigenvalue weighted by Gasteiger charge is 2.18. The zero-order valence-electron chi connectivity index (χ0n) is 17.4. The lowest BCUT2D eigenvalue weighted by atomic mass is 10.1. The Kier molecular flexibility index (Phi) is 7.94. The largest absolute Gasteiger partial charge is 0.490 e. The number of amides is 1. The number of nitrogens with one attached hydrogen (secondary N) is 2. The molecule has 8 nitrogen and oxygen atoms in total. The molecule has 0 saturated heterocycles. The molecule has 2 aromatic carbocycles. The molecule has 0 saturated carbocycles. The van der Waals surface area contributed by atoms with Gasteiger partial charge in [-0.05, 0) is 49.7 Å². The average molecular weight is 496 g/mol. The summed E-state index contributed by atoms with van der Waals surface area (Å²) in [6, 6.07) is 8.85. The molecule has 0 unspecified atom stereocenters. The lowest BCUT2D eigenvalue weighted by Gasteiger charge is -2.15. The molecule has 0 radical (unpaired) electrons. The van der Waals surface area contributed by atoms with Crippen molar-refractivity contribution in [3.63, 3.8) is 0 Å². The number of thiazole rings is 1. The van der Waals surface area contributed by atoms with Crippen LogP contribution in [0.4, 0.5) is 10.8 Å². The van der Waals surface area contributed by atoms with Gasteiger partial charge in [0.05, 0.1) is 23.1 Å². The Balaban J connectivity index is 1.75. The summed E-state index contributed by atoms with van der Waals surface area (Å²) in [4.78, 5) is 16.7. The molecule has 3 aromatic rings. The summed E-state index contributed by atoms with van der Waals surface area (Å²) in [6.07, 6.45) is 2.31. The van der Waals surface area contributed by atoms with E-state index in [9.17, 15) is 13.2 Å². The number of anilines is 2. The summed E-state index contributed by atoms with van der Waals surface area (Å²) in [5.74, 6) is 0.355. The van der Waals surface area contributed by atoms with Gasteiger partial charge in [0.15, 0.2) is 16.6 Å². The highest BCUT2D eigenvalue weighted by atomic mass is 35.5. The van der Waals surface area contributed by atoms with Crippen molar-refractivity contribution in [2.45, 2.75) is 25.2 Å². The maximum absolute atomic E-state index is 12.7. The Bertz CT molecular complexity index is 1170. The van der Waals surface area contributed by atoms with Crippen molar-refractivity contribution in [3.8, 4) is 11.5 Å². The third-order valence-electron chi connectivity index (χ3n) is 4.10. The zero-order chi connectivity index (χ0) is 23.1. The quantitative estimate of drug-likeness (QED) is 0.408. The van der Waals surface area contributed by atoms with E-state index in [1.807, 2.05) is 13.8 Å². The summed E-state index contributed by atoms with van der Waals surface area (Å²) in [5, 5.41) is 4.93. The van der Waals surface area contributed by atoms with Crippen LogP contribution >= 0.6 is 22.9 Å². The number of aromatic nitrogens is 1. The Morgan fingerprint density at radius 2 is 1.91 bits per heavy atom. The van der Waals surface area contributed by atoms with Gasteiger partial charge in [-0.3, -0.25) is 9.52 Å². The highest BCUT2D eigenvalue weighted by Crippen LogP contribution is 2.37. The summed E-state index contributed by atoms with van der Waals surface area (Å²) < 4.78 is 38.5. The van der Waals surface area contributed by atoms with E-state index in [2.05, 4.69) is 15.0 Å². The van der Waals surface area contributed by atoms with Gasteiger partial charge in [-0.2, -0.15) is 0 Å². The summed E-state index contributed by atoms with van der Waals surface area (Å²) in [6.45, 7) is 4.65. The number of benzene rings is 2. The van der Waals surface area contributed by atoms with Gasteiger partial charge in [-0.15, -0.1) is 11.3 Å². The van der Waals surface area contributed by atoms with E-state index < -0.39 is 15.9 Å². The van der Waals surface area contributed by atoms with Crippen LogP contribution in [0.1, 0.15) is 30.6 Å². The third-order valence-corrected chi connectivity index (χ3v) is 6.55. The Morgan fingerprint density at radius 3 is 2.53 bits per heavy atom. The van der Waals surface area contributed by atoms with Crippen LogP contribution < -0.4 is 19.5 Å². The van der Waals surface area contributed by atoms with Crippen molar-refractivity contribution in [2.75, 3.05) is 23.3 Å². The van der Waals surface area contributed by atoms with E-state index in [0.29, 0.717) is 30.4 Å². The third kappa shape index (κ3) is 5.90. The molecular formula is C21H22ClN3O5S2. The standard InChI is InChI=1S/C21H22ClN3O5S2/c1-3-10-30-19-17(22)12-14(13-18(19)29-4-2)20(26)24-15-5-7-16(8-6-15)32(27,28)25-21-23-9-11-31-21/h5-9,11-13H,3-4,10H2,1-2H3,(H,23,25)(H,24,26). The lowest BCUT2D eigenvalue weighted by Crippen LogP contribution is -2.14. The molecule has 0 bridgehead atoms. The van der Waals surface area contributed by atoms with E-state index in [1.165, 1.54) is 47.9 Å². The van der Waals surface area contributed by atoms with Gasteiger partial charge in [0.2, 0.25) is 0 Å². The molecule has 0 fully saturated rings. The van der Waals surface area contributed by atoms with Crippen LogP contribution in [0.2, 0.25) is 5.02 Å². The van der Waals surface area contributed by atoms with Crippen molar-refractivity contribution in [3.05, 3.63) is 58.6 Å². The first-order valence-electron chi connectivity index (χ1n) is 9.77. The first-order chi connectivity index (χ1) is 15.3. The minimum atomic E-state index is -3.77. The number of hydrogen-bond acceptors (Lipinski definition) is 7. The predicted molar refractivity (Wildman–Crippen MR) is 126 cm³/mol. The summed E-state index contributed by atoms with van der Waals surface area (Å²) in [5.41, 5.74) is 0.702. The topological polar surface area (TPSA) is 107 Å². The van der Waals surface area contributed by atoms with E-state index in [4.69, 9.17) is 21.1 Å². The first-order valence-corrected chi connectivity index (χ1v) is 12.5. The average Bonchev–Trinajstić information content (AvgIpc) is 3.26. The molecule has 0 aliphatic carbocycles. The predicted octanol–water partition coefficient (Wildman–Crippen LogP) is 5.04. The van der Waals surface area contributed by atoms with E-state index in [0.717, 1.165) is 6.42 Å². The zero-order valence-corrected chi connectivity index (χ0v) is 19.8. The maximum Gasteiger partial charge on any atom is 0.263 e. The molecule has 0 atom stereocenters. The maximum atomic E-state index is 12.7. The van der Waals surface area contributed by atoms with Crippen molar-refractivity contribution in [2.24, 2.45) is 0 Å². The highest BCUT2D eigenvalue weighted by molar-refractivity contribution is 7.93. The van der Waals surface area contributed by atoms with Crippen molar-refractivity contribution in [1.82, 2.24) is 4.98 Å². The molecule has 32 heavy (non-hydrogen) atoms. The number of hydrogen-bond donors (Lipinski definition) is 2. The number of ether oxygens (including phenoxy) is 2. The smallest absolute Gasteiger partial charge is 0.263 e. The normalized spacial score (nSPS) is 11.1. The van der Waals surface area contributed by atoms with Crippen LogP contribution in [0.5, 0.6) is 11.5 Å². The van der Waals surface area contributed by atoms with Gasteiger partial charge >= 0.3 is 0 Å². The molecule has 170 valence electrons. The molecule has 1 heterocycles. The van der Waals surface area contributed by atoms with Crippen LogP contribution in [0.25, 0.3) is 0 Å². The van der Waals surface area contributed by atoms with Crippen molar-refractivity contribution >= 4 is 49.7 Å². The Labute approximate surface area is 195 Å². The second-order valence-corrected chi connectivity index (χ2v) is 9.47. The SMILES string of the molecule is CCCOc1c(Cl)cc(C(=O)Nc2ccc(S(=O)(=O)Nc3nccs3)cc2)cc1OCC. The number of rotatable bonds is 10. The number of nitrogens with zero attached hydrogens (tertiary/aromatic N) is 1. The molecule has 3 rings (SSSR count). The summed E-state index contributed by atoms with van der Waals surface area (Å²) >= 11 is 7.50. The summed E-state index contributed by atoms with van der Waals surface area (Å²) in [7, 11) is -3.77. The minimum Gasteiger partial charge on any atom is -0.490 e. The molecule has 1 aromatic heterocycles. The number of carbonyl (C=O) groups excluding carboxylic acids is 1. The molecule has 1 amide bonds. The van der Waals surface area contributed by atoms with Gasteiger partial charge < -0.3 is 14.8 Å². The Morgan fingerprint density at radius 1 is 1.16 bits per heavy atom. The monoisotopic (exact) mass is 495 g/mol. The molecular weight excluding hydrogens is 474 g/mol. The molecule has 11 heteroatoms. The van der Waals surface area contributed by atoms with Crippen LogP contribution in [0.3, 0.4) is 0 Å². The minimum absolute atomic E-state index is 0.0461. The Hall–Kier alpha value is -2.82. The van der Waals surface area contributed by atoms with Gasteiger partial charge in [-0.25, -0.2) is 13.4 Å². The second-order valence-electron chi connectivity index (χ2n) is 6.49. The first kappa shape index (κ1) is 23.8. The molecule has 2 N–H and O–H groups in total. The number of carbonyl (C=O) groups is 1.